The van der Waals surface area contributed by atoms with Crippen LogP contribution in [0.15, 0.2) is 36.5 Å². The van der Waals surface area contributed by atoms with Crippen LogP contribution in [0.1, 0.15) is 34.9 Å². The molecular formula is C15H16N4O5. The maximum absolute atomic E-state index is 12.4. The zero-order chi connectivity index (χ0) is 17.7. The number of aryl methyl sites for hydroxylation is 1. The summed E-state index contributed by atoms with van der Waals surface area (Å²) in [6.45, 7) is 0. The molecule has 2 rings (SSSR count). The van der Waals surface area contributed by atoms with Crippen molar-refractivity contribution in [2.75, 3.05) is 0 Å². The standard InChI is InChI=1S/C15H16N4O5/c1-18-9-12(19(23)24)14(17-18)15(22)16-11(7-8-13(20)21)10-5-3-2-4-6-10/h2-6,9,11H,7-8H2,1H3,(H,16,22)(H,20,21). The van der Waals surface area contributed by atoms with Crippen LogP contribution in [-0.2, 0) is 11.8 Å². The Balaban J connectivity index is 2.24. The Kier molecular flexibility index (Phi) is 5.25. The number of nitro groups is 1. The molecule has 0 bridgehead atoms. The number of hydrogen-bond donors (Lipinski definition) is 2. The van der Waals surface area contributed by atoms with Crippen LogP contribution in [0.5, 0.6) is 0 Å². The van der Waals surface area contributed by atoms with E-state index in [4.69, 9.17) is 5.11 Å². The van der Waals surface area contributed by atoms with Gasteiger partial charge in [-0.2, -0.15) is 5.10 Å². The number of amides is 1. The van der Waals surface area contributed by atoms with Crippen LogP contribution in [0, 0.1) is 10.1 Å². The fraction of sp³-hybridized carbons (Fsp3) is 0.267. The number of carboxylic acids is 1. The molecule has 0 aliphatic carbocycles. The molecule has 0 saturated carbocycles. The van der Waals surface area contributed by atoms with Crippen molar-refractivity contribution < 1.29 is 19.6 Å². The van der Waals surface area contributed by atoms with Crippen LogP contribution in [0.25, 0.3) is 0 Å². The predicted molar refractivity (Wildman–Crippen MR) is 83.4 cm³/mol. The molecule has 1 unspecified atom stereocenters. The molecule has 1 aromatic heterocycles. The molecule has 1 atom stereocenters. The van der Waals surface area contributed by atoms with Gasteiger partial charge in [-0.1, -0.05) is 30.3 Å². The maximum Gasteiger partial charge on any atom is 0.320 e. The van der Waals surface area contributed by atoms with Gasteiger partial charge in [0.1, 0.15) is 6.20 Å². The Morgan fingerprint density at radius 3 is 2.62 bits per heavy atom. The molecule has 0 saturated heterocycles. The molecule has 1 amide bonds. The Morgan fingerprint density at radius 2 is 2.04 bits per heavy atom. The van der Waals surface area contributed by atoms with Crippen molar-refractivity contribution in [3.05, 3.63) is 57.9 Å². The highest BCUT2D eigenvalue weighted by Crippen LogP contribution is 2.21. The number of rotatable bonds is 7. The summed E-state index contributed by atoms with van der Waals surface area (Å²) >= 11 is 0. The summed E-state index contributed by atoms with van der Waals surface area (Å²) < 4.78 is 1.18. The van der Waals surface area contributed by atoms with Crippen molar-refractivity contribution >= 4 is 17.6 Å². The largest absolute Gasteiger partial charge is 0.481 e. The molecule has 2 N–H and O–H groups in total. The smallest absolute Gasteiger partial charge is 0.320 e. The average molecular weight is 332 g/mol. The van der Waals surface area contributed by atoms with Gasteiger partial charge in [0.2, 0.25) is 5.69 Å². The van der Waals surface area contributed by atoms with Crippen LogP contribution in [0.4, 0.5) is 5.69 Å². The molecule has 0 fully saturated rings. The molecular weight excluding hydrogens is 316 g/mol. The first-order valence-corrected chi connectivity index (χ1v) is 7.14. The molecule has 0 aliphatic heterocycles. The highest BCUT2D eigenvalue weighted by molar-refractivity contribution is 5.96. The van der Waals surface area contributed by atoms with E-state index in [0.29, 0.717) is 5.56 Å². The summed E-state index contributed by atoms with van der Waals surface area (Å²) in [5, 5.41) is 26.3. The summed E-state index contributed by atoms with van der Waals surface area (Å²) in [4.78, 5) is 33.5. The van der Waals surface area contributed by atoms with Gasteiger partial charge in [0.05, 0.1) is 11.0 Å². The van der Waals surface area contributed by atoms with E-state index >= 15 is 0 Å². The van der Waals surface area contributed by atoms with Crippen LogP contribution in [0.3, 0.4) is 0 Å². The molecule has 9 nitrogen and oxygen atoms in total. The number of carbonyl (C=O) groups excluding carboxylic acids is 1. The van der Waals surface area contributed by atoms with Crippen LogP contribution < -0.4 is 5.32 Å². The Morgan fingerprint density at radius 1 is 1.38 bits per heavy atom. The van der Waals surface area contributed by atoms with Gasteiger partial charge in [0.25, 0.3) is 5.91 Å². The van der Waals surface area contributed by atoms with E-state index in [1.54, 1.807) is 30.3 Å². The van der Waals surface area contributed by atoms with Crippen LogP contribution >= 0.6 is 0 Å². The lowest BCUT2D eigenvalue weighted by Gasteiger charge is -2.17. The number of carboxylic acid groups (broad SMARTS) is 1. The lowest BCUT2D eigenvalue weighted by molar-refractivity contribution is -0.385. The van der Waals surface area contributed by atoms with E-state index in [1.165, 1.54) is 11.7 Å². The van der Waals surface area contributed by atoms with Gasteiger partial charge in [-0.05, 0) is 12.0 Å². The number of carbonyl (C=O) groups is 2. The van der Waals surface area contributed by atoms with Crippen molar-refractivity contribution in [1.29, 1.82) is 0 Å². The van der Waals surface area contributed by atoms with E-state index in [-0.39, 0.29) is 18.5 Å². The third-order valence-electron chi connectivity index (χ3n) is 3.38. The van der Waals surface area contributed by atoms with Gasteiger partial charge >= 0.3 is 11.7 Å². The Bertz CT molecular complexity index is 756. The molecule has 126 valence electrons. The van der Waals surface area contributed by atoms with Gasteiger partial charge in [0.15, 0.2) is 0 Å². The van der Waals surface area contributed by atoms with Crippen molar-refractivity contribution in [2.45, 2.75) is 18.9 Å². The lowest BCUT2D eigenvalue weighted by atomic mass is 10.0. The van der Waals surface area contributed by atoms with Crippen LogP contribution in [-0.4, -0.2) is 31.7 Å². The molecule has 0 radical (unpaired) electrons. The number of nitrogens with zero attached hydrogens (tertiary/aromatic N) is 3. The topological polar surface area (TPSA) is 127 Å². The van der Waals surface area contributed by atoms with E-state index < -0.39 is 28.5 Å². The first kappa shape index (κ1) is 17.1. The van der Waals surface area contributed by atoms with Gasteiger partial charge in [0, 0.05) is 13.5 Å². The first-order valence-electron chi connectivity index (χ1n) is 7.14. The quantitative estimate of drug-likeness (QED) is 0.586. The molecule has 24 heavy (non-hydrogen) atoms. The third kappa shape index (κ3) is 4.15. The second kappa shape index (κ2) is 7.36. The summed E-state index contributed by atoms with van der Waals surface area (Å²) in [5.41, 5.74) is 0.00415. The predicted octanol–water partition coefficient (Wildman–Crippen LogP) is 1.66. The van der Waals surface area contributed by atoms with Gasteiger partial charge in [-0.15, -0.1) is 0 Å². The fourth-order valence-electron chi connectivity index (χ4n) is 2.27. The molecule has 1 heterocycles. The maximum atomic E-state index is 12.4. The third-order valence-corrected chi connectivity index (χ3v) is 3.38. The minimum absolute atomic E-state index is 0.149. The van der Waals surface area contributed by atoms with E-state index in [2.05, 4.69) is 10.4 Å². The SMILES string of the molecule is Cn1cc([N+](=O)[O-])c(C(=O)NC(CCC(=O)O)c2ccccc2)n1. The van der Waals surface area contributed by atoms with E-state index in [1.807, 2.05) is 0 Å². The number of benzene rings is 1. The van der Waals surface area contributed by atoms with Crippen molar-refractivity contribution in [3.8, 4) is 0 Å². The molecule has 0 aliphatic rings. The van der Waals surface area contributed by atoms with Crippen LogP contribution in [0.2, 0.25) is 0 Å². The summed E-state index contributed by atoms with van der Waals surface area (Å²) in [7, 11) is 1.48. The Hall–Kier alpha value is -3.23. The molecule has 0 spiro atoms. The van der Waals surface area contributed by atoms with E-state index in [0.717, 1.165) is 6.20 Å². The van der Waals surface area contributed by atoms with Gasteiger partial charge in [-0.25, -0.2) is 0 Å². The lowest BCUT2D eigenvalue weighted by Crippen LogP contribution is -2.30. The van der Waals surface area contributed by atoms with Crippen molar-refractivity contribution in [1.82, 2.24) is 15.1 Å². The molecule has 9 heteroatoms. The molecule has 2 aromatic rings. The highest BCUT2D eigenvalue weighted by atomic mass is 16.6. The number of aliphatic carboxylic acids is 1. The normalized spacial score (nSPS) is 11.7. The summed E-state index contributed by atoms with van der Waals surface area (Å²) in [5.74, 6) is -1.71. The number of aromatic nitrogens is 2. The van der Waals surface area contributed by atoms with Gasteiger partial charge in [-0.3, -0.25) is 24.4 Å². The number of nitrogens with one attached hydrogen (secondary N) is 1. The van der Waals surface area contributed by atoms with Crippen molar-refractivity contribution in [2.24, 2.45) is 7.05 Å². The average Bonchev–Trinajstić information content (AvgIpc) is 2.94. The monoisotopic (exact) mass is 332 g/mol. The number of hydrogen-bond acceptors (Lipinski definition) is 5. The highest BCUT2D eigenvalue weighted by Gasteiger charge is 2.27. The van der Waals surface area contributed by atoms with Crippen molar-refractivity contribution in [3.63, 3.8) is 0 Å². The first-order chi connectivity index (χ1) is 11.4. The summed E-state index contributed by atoms with van der Waals surface area (Å²) in [6, 6.07) is 8.23. The van der Waals surface area contributed by atoms with E-state index in [9.17, 15) is 19.7 Å². The zero-order valence-corrected chi connectivity index (χ0v) is 12.9. The fourth-order valence-corrected chi connectivity index (χ4v) is 2.27. The summed E-state index contributed by atoms with van der Waals surface area (Å²) in [6.07, 6.45) is 1.15. The second-order valence-electron chi connectivity index (χ2n) is 5.16. The Labute approximate surface area is 137 Å². The minimum atomic E-state index is -0.992. The second-order valence-corrected chi connectivity index (χ2v) is 5.16. The molecule has 1 aromatic carbocycles. The van der Waals surface area contributed by atoms with Gasteiger partial charge < -0.3 is 10.4 Å². The zero-order valence-electron chi connectivity index (χ0n) is 12.9. The minimum Gasteiger partial charge on any atom is -0.481 e.